The smallest absolute Gasteiger partial charge is 0.212 e. The normalized spacial score (nSPS) is 20.4. The first kappa shape index (κ1) is 26.4. The quantitative estimate of drug-likeness (QED) is 0.219. The maximum atomic E-state index is 6.91. The van der Waals surface area contributed by atoms with Gasteiger partial charge in [0.05, 0.1) is 14.2 Å². The first-order valence-electron chi connectivity index (χ1n) is 15.1. The van der Waals surface area contributed by atoms with Crippen molar-refractivity contribution in [1.29, 1.82) is 0 Å². The Morgan fingerprint density at radius 2 is 1.30 bits per heavy atom. The molecule has 0 spiro atoms. The number of rotatable bonds is 2. The summed E-state index contributed by atoms with van der Waals surface area (Å²) >= 11 is 0. The third kappa shape index (κ3) is 4.41. The molecule has 43 heavy (non-hydrogen) atoms. The third-order valence-corrected chi connectivity index (χ3v) is 9.64. The van der Waals surface area contributed by atoms with Gasteiger partial charge >= 0.3 is 0 Å². The Bertz CT molecular complexity index is 1730. The zero-order chi connectivity index (χ0) is 29.2. The van der Waals surface area contributed by atoms with Gasteiger partial charge in [-0.3, -0.25) is 9.80 Å². The molecule has 0 unspecified atom stereocenters. The molecule has 5 heterocycles. The number of fused-ring (bicyclic) bond motifs is 2. The standard InChI is InChI=1S/C36H36N2O5/c1-37-13-11-23-18-31-32-20-26(23)27(37)16-22-7-10-29(39-3)30(17-22)41-25-8-5-21(6-9-25)15-28-34-24(12-14-38(28)2)19-33(40-4)35(42-31)36(34)43-32/h5-10,17-20,27-28H,11-16H2,1-4H3/t27-,28+/m1/s1. The van der Waals surface area contributed by atoms with E-state index in [1.54, 1.807) is 14.2 Å². The van der Waals surface area contributed by atoms with Crippen LogP contribution in [-0.2, 0) is 25.7 Å². The van der Waals surface area contributed by atoms with Crippen LogP contribution in [0.2, 0.25) is 0 Å². The summed E-state index contributed by atoms with van der Waals surface area (Å²) in [7, 11) is 7.80. The Balaban J connectivity index is 1.33. The minimum Gasteiger partial charge on any atom is -0.493 e. The van der Waals surface area contributed by atoms with Crippen LogP contribution < -0.4 is 23.7 Å². The van der Waals surface area contributed by atoms with Crippen LogP contribution in [0.5, 0.6) is 46.0 Å². The van der Waals surface area contributed by atoms with E-state index in [4.69, 9.17) is 23.7 Å². The van der Waals surface area contributed by atoms with Crippen LogP contribution >= 0.6 is 0 Å². The molecule has 4 aromatic rings. The number of nitrogens with zero attached hydrogens (tertiary/aromatic N) is 2. The molecule has 7 bridgehead atoms. The van der Waals surface area contributed by atoms with Gasteiger partial charge in [-0.25, -0.2) is 0 Å². The van der Waals surface area contributed by atoms with Crippen molar-refractivity contribution in [3.05, 3.63) is 94.0 Å². The van der Waals surface area contributed by atoms with Gasteiger partial charge in [0.1, 0.15) is 5.75 Å². The zero-order valence-corrected chi connectivity index (χ0v) is 25.1. The van der Waals surface area contributed by atoms with E-state index < -0.39 is 0 Å². The highest BCUT2D eigenvalue weighted by Gasteiger charge is 2.37. The minimum absolute atomic E-state index is 0.118. The lowest BCUT2D eigenvalue weighted by Gasteiger charge is -2.39. The monoisotopic (exact) mass is 576 g/mol. The molecule has 220 valence electrons. The Kier molecular flexibility index (Phi) is 6.28. The second kappa shape index (κ2) is 10.2. The van der Waals surface area contributed by atoms with Crippen molar-refractivity contribution in [3.63, 3.8) is 0 Å². The molecular weight excluding hydrogens is 540 g/mol. The van der Waals surface area contributed by atoms with Crippen LogP contribution in [0.15, 0.2) is 60.7 Å². The highest BCUT2D eigenvalue weighted by atomic mass is 16.6. The highest BCUT2D eigenvalue weighted by molar-refractivity contribution is 5.67. The van der Waals surface area contributed by atoms with E-state index in [0.29, 0.717) is 5.75 Å². The second-order valence-corrected chi connectivity index (χ2v) is 12.1. The van der Waals surface area contributed by atoms with E-state index in [9.17, 15) is 0 Å². The summed E-state index contributed by atoms with van der Waals surface area (Å²) in [5, 5.41) is 0. The molecule has 4 aromatic carbocycles. The molecule has 0 saturated heterocycles. The molecule has 0 fully saturated rings. The number of hydrogen-bond acceptors (Lipinski definition) is 7. The van der Waals surface area contributed by atoms with Crippen molar-refractivity contribution in [2.75, 3.05) is 41.4 Å². The fourth-order valence-electron chi connectivity index (χ4n) is 7.21. The van der Waals surface area contributed by atoms with Gasteiger partial charge in [-0.2, -0.15) is 0 Å². The predicted octanol–water partition coefficient (Wildman–Crippen LogP) is 7.25. The molecule has 5 aliphatic rings. The fraction of sp³-hybridized carbons (Fsp3) is 0.333. The van der Waals surface area contributed by atoms with Gasteiger partial charge in [0.15, 0.2) is 34.5 Å². The van der Waals surface area contributed by atoms with Gasteiger partial charge in [-0.1, -0.05) is 18.2 Å². The Labute approximate surface area is 252 Å². The summed E-state index contributed by atoms with van der Waals surface area (Å²) in [5.41, 5.74) is 7.41. The Hall–Kier alpha value is -4.20. The van der Waals surface area contributed by atoms with Crippen LogP contribution in [0.4, 0.5) is 0 Å². The molecule has 7 heteroatoms. The summed E-state index contributed by atoms with van der Waals surface area (Å²) in [6.07, 6.45) is 3.53. The van der Waals surface area contributed by atoms with Crippen molar-refractivity contribution in [2.24, 2.45) is 0 Å². The Morgan fingerprint density at radius 3 is 2.09 bits per heavy atom. The maximum absolute atomic E-state index is 6.91. The van der Waals surface area contributed by atoms with Gasteiger partial charge < -0.3 is 23.7 Å². The summed E-state index contributed by atoms with van der Waals surface area (Å²) in [6, 6.07) is 21.5. The van der Waals surface area contributed by atoms with Gasteiger partial charge in [-0.15, -0.1) is 0 Å². The van der Waals surface area contributed by atoms with Crippen molar-refractivity contribution in [3.8, 4) is 46.0 Å². The largest absolute Gasteiger partial charge is 0.493 e. The SMILES string of the molecule is COc1ccc2cc1Oc1ccc(cc1)C[C@H]1c3c(cc(OC)c4c3Oc3cc5c(cc3O4)CCN(C)[C@@H]5C2)CCN1C. The number of hydrogen-bond donors (Lipinski definition) is 0. The first-order valence-corrected chi connectivity index (χ1v) is 15.1. The van der Waals surface area contributed by atoms with E-state index in [1.807, 2.05) is 6.07 Å². The lowest BCUT2D eigenvalue weighted by molar-refractivity contribution is 0.218. The van der Waals surface area contributed by atoms with E-state index in [-0.39, 0.29) is 12.1 Å². The molecule has 0 N–H and O–H groups in total. The molecular formula is C36H36N2O5. The van der Waals surface area contributed by atoms with E-state index >= 15 is 0 Å². The number of benzene rings is 4. The average Bonchev–Trinajstić information content (AvgIpc) is 3.02. The molecule has 7 nitrogen and oxygen atoms in total. The van der Waals surface area contributed by atoms with E-state index in [0.717, 1.165) is 79.0 Å². The second-order valence-electron chi connectivity index (χ2n) is 12.1. The first-order chi connectivity index (χ1) is 21.0. The zero-order valence-electron chi connectivity index (χ0n) is 25.1. The molecule has 5 aliphatic heterocycles. The van der Waals surface area contributed by atoms with Crippen molar-refractivity contribution in [2.45, 2.75) is 37.8 Å². The molecule has 0 aromatic heterocycles. The molecule has 0 amide bonds. The molecule has 2 atom stereocenters. The summed E-state index contributed by atoms with van der Waals surface area (Å²) in [5.74, 6) is 5.91. The van der Waals surface area contributed by atoms with Crippen molar-refractivity contribution < 1.29 is 23.7 Å². The summed E-state index contributed by atoms with van der Waals surface area (Å²) in [4.78, 5) is 4.86. The van der Waals surface area contributed by atoms with Gasteiger partial charge in [0.25, 0.3) is 0 Å². The lowest BCUT2D eigenvalue weighted by atomic mass is 9.86. The predicted molar refractivity (Wildman–Crippen MR) is 165 cm³/mol. The number of methoxy groups -OCH3 is 2. The summed E-state index contributed by atoms with van der Waals surface area (Å²) < 4.78 is 31.6. The topological polar surface area (TPSA) is 52.6 Å². The van der Waals surface area contributed by atoms with Crippen LogP contribution in [0.3, 0.4) is 0 Å². The number of ether oxygens (including phenoxy) is 5. The minimum atomic E-state index is 0.118. The summed E-state index contributed by atoms with van der Waals surface area (Å²) in [6.45, 7) is 1.92. The Morgan fingerprint density at radius 1 is 0.628 bits per heavy atom. The van der Waals surface area contributed by atoms with Crippen LogP contribution in [0, 0.1) is 0 Å². The highest BCUT2D eigenvalue weighted by Crippen LogP contribution is 2.56. The molecule has 0 radical (unpaired) electrons. The van der Waals surface area contributed by atoms with Crippen molar-refractivity contribution >= 4 is 0 Å². The lowest BCUT2D eigenvalue weighted by Crippen LogP contribution is -2.34. The van der Waals surface area contributed by atoms with Gasteiger partial charge in [0.2, 0.25) is 5.75 Å². The van der Waals surface area contributed by atoms with Gasteiger partial charge in [-0.05, 0) is 110 Å². The van der Waals surface area contributed by atoms with Crippen LogP contribution in [0.1, 0.15) is 45.5 Å². The van der Waals surface area contributed by atoms with Crippen LogP contribution in [-0.4, -0.2) is 51.2 Å². The molecule has 9 rings (SSSR count). The third-order valence-electron chi connectivity index (χ3n) is 9.64. The fourth-order valence-corrected chi connectivity index (χ4v) is 7.21. The molecule has 0 saturated carbocycles. The molecule has 0 aliphatic carbocycles. The van der Waals surface area contributed by atoms with Crippen LogP contribution in [0.25, 0.3) is 0 Å². The van der Waals surface area contributed by atoms with Crippen molar-refractivity contribution in [1.82, 2.24) is 9.80 Å². The number of likely N-dealkylation sites (N-methyl/N-ethyl adjacent to an activating group) is 2. The van der Waals surface area contributed by atoms with E-state index in [1.165, 1.54) is 33.4 Å². The maximum Gasteiger partial charge on any atom is 0.212 e. The van der Waals surface area contributed by atoms with Gasteiger partial charge in [0, 0.05) is 30.7 Å². The average molecular weight is 577 g/mol. The van der Waals surface area contributed by atoms with E-state index in [2.05, 4.69) is 78.5 Å².